The largest absolute Gasteiger partial charge is 0.351 e. The SMILES string of the molecule is O=C(NCCC[NH+]1C=CN=C1)c1cccs1. The molecule has 0 saturated carbocycles. The number of quaternary nitrogens is 1. The van der Waals surface area contributed by atoms with Crippen molar-refractivity contribution in [3.63, 3.8) is 0 Å². The Morgan fingerprint density at radius 3 is 3.19 bits per heavy atom. The van der Waals surface area contributed by atoms with Crippen molar-refractivity contribution in [3.8, 4) is 0 Å². The molecule has 1 aliphatic heterocycles. The van der Waals surface area contributed by atoms with Crippen LogP contribution in [-0.2, 0) is 0 Å². The van der Waals surface area contributed by atoms with Crippen LogP contribution in [-0.4, -0.2) is 25.3 Å². The molecule has 0 bridgehead atoms. The number of aliphatic imine (C=N–C) groups is 1. The van der Waals surface area contributed by atoms with Crippen LogP contribution in [0.15, 0.2) is 34.9 Å². The molecule has 0 aliphatic carbocycles. The van der Waals surface area contributed by atoms with Gasteiger partial charge in [-0.3, -0.25) is 9.69 Å². The summed E-state index contributed by atoms with van der Waals surface area (Å²) in [5.74, 6) is 0.0237. The topological polar surface area (TPSA) is 45.9 Å². The molecule has 2 rings (SSSR count). The molecule has 4 nitrogen and oxygen atoms in total. The normalized spacial score (nSPS) is 17.9. The van der Waals surface area contributed by atoms with Crippen molar-refractivity contribution in [1.29, 1.82) is 0 Å². The summed E-state index contributed by atoms with van der Waals surface area (Å²) in [7, 11) is 0. The number of rotatable bonds is 5. The third kappa shape index (κ3) is 3.01. The van der Waals surface area contributed by atoms with E-state index >= 15 is 0 Å². The maximum atomic E-state index is 11.6. The molecule has 16 heavy (non-hydrogen) atoms. The number of carbonyl (C=O) groups is 1. The van der Waals surface area contributed by atoms with Crippen LogP contribution in [0.3, 0.4) is 0 Å². The van der Waals surface area contributed by atoms with Crippen LogP contribution in [0, 0.1) is 0 Å². The molecule has 84 valence electrons. The van der Waals surface area contributed by atoms with E-state index in [-0.39, 0.29) is 5.91 Å². The van der Waals surface area contributed by atoms with Crippen molar-refractivity contribution in [2.24, 2.45) is 4.99 Å². The molecule has 1 aliphatic rings. The van der Waals surface area contributed by atoms with Crippen molar-refractivity contribution >= 4 is 23.6 Å². The van der Waals surface area contributed by atoms with Gasteiger partial charge in [-0.2, -0.15) is 0 Å². The quantitative estimate of drug-likeness (QED) is 0.708. The highest BCUT2D eigenvalue weighted by Gasteiger charge is 2.07. The molecule has 2 heterocycles. The first-order chi connectivity index (χ1) is 7.86. The molecule has 0 fully saturated rings. The maximum Gasteiger partial charge on any atom is 0.261 e. The second-order valence-corrected chi connectivity index (χ2v) is 4.45. The van der Waals surface area contributed by atoms with Gasteiger partial charge in [-0.1, -0.05) is 6.07 Å². The minimum atomic E-state index is 0.0237. The van der Waals surface area contributed by atoms with Crippen molar-refractivity contribution in [2.45, 2.75) is 6.42 Å². The fourth-order valence-electron chi connectivity index (χ4n) is 1.46. The molecule has 1 aromatic rings. The number of carbonyl (C=O) groups excluding carboxylic acids is 1. The summed E-state index contributed by atoms with van der Waals surface area (Å²) in [4.78, 5) is 17.5. The second-order valence-electron chi connectivity index (χ2n) is 3.51. The summed E-state index contributed by atoms with van der Waals surface area (Å²) < 4.78 is 0. The van der Waals surface area contributed by atoms with Crippen molar-refractivity contribution in [1.82, 2.24) is 5.32 Å². The van der Waals surface area contributed by atoms with E-state index in [1.54, 1.807) is 6.20 Å². The molecular formula is C11H14N3OS+. The monoisotopic (exact) mass is 236 g/mol. The third-order valence-corrected chi connectivity index (χ3v) is 3.16. The Morgan fingerprint density at radius 2 is 2.50 bits per heavy atom. The smallest absolute Gasteiger partial charge is 0.261 e. The zero-order valence-corrected chi connectivity index (χ0v) is 9.67. The van der Waals surface area contributed by atoms with Gasteiger partial charge < -0.3 is 5.32 Å². The predicted molar refractivity (Wildman–Crippen MR) is 64.7 cm³/mol. The van der Waals surface area contributed by atoms with Crippen LogP contribution in [0.2, 0.25) is 0 Å². The summed E-state index contributed by atoms with van der Waals surface area (Å²) in [6.07, 6.45) is 6.60. The van der Waals surface area contributed by atoms with Gasteiger partial charge in [0.1, 0.15) is 6.20 Å². The number of thiophene rings is 1. The first-order valence-electron chi connectivity index (χ1n) is 5.23. The lowest BCUT2D eigenvalue weighted by Crippen LogP contribution is -3.05. The van der Waals surface area contributed by atoms with Crippen LogP contribution in [0.1, 0.15) is 16.1 Å². The lowest BCUT2D eigenvalue weighted by Gasteiger charge is -2.06. The van der Waals surface area contributed by atoms with Crippen molar-refractivity contribution in [2.75, 3.05) is 13.1 Å². The molecule has 1 aromatic heterocycles. The Balaban J connectivity index is 1.63. The average molecular weight is 236 g/mol. The molecule has 1 amide bonds. The Bertz CT molecular complexity index is 385. The van der Waals surface area contributed by atoms with Crippen LogP contribution in [0.5, 0.6) is 0 Å². The van der Waals surface area contributed by atoms with Crippen LogP contribution < -0.4 is 10.2 Å². The Labute approximate surface area is 98.3 Å². The first kappa shape index (κ1) is 11.0. The number of hydrogen-bond acceptors (Lipinski definition) is 3. The van der Waals surface area contributed by atoms with Gasteiger partial charge >= 0.3 is 0 Å². The molecule has 0 radical (unpaired) electrons. The fourth-order valence-corrected chi connectivity index (χ4v) is 2.10. The van der Waals surface area contributed by atoms with Crippen LogP contribution >= 0.6 is 11.3 Å². The summed E-state index contributed by atoms with van der Waals surface area (Å²) in [5.41, 5.74) is 0. The molecule has 0 spiro atoms. The van der Waals surface area contributed by atoms with Gasteiger partial charge in [0.05, 0.1) is 17.6 Å². The Morgan fingerprint density at radius 1 is 1.56 bits per heavy atom. The van der Waals surface area contributed by atoms with Gasteiger partial charge in [0, 0.05) is 13.0 Å². The molecule has 5 heteroatoms. The van der Waals surface area contributed by atoms with E-state index in [0.717, 1.165) is 17.8 Å². The van der Waals surface area contributed by atoms with Crippen molar-refractivity contribution < 1.29 is 9.69 Å². The van der Waals surface area contributed by atoms with E-state index in [1.165, 1.54) is 16.2 Å². The van der Waals surface area contributed by atoms with Gasteiger partial charge in [-0.05, 0) is 11.4 Å². The summed E-state index contributed by atoms with van der Waals surface area (Å²) in [5, 5.41) is 4.81. The minimum absolute atomic E-state index is 0.0237. The molecule has 2 N–H and O–H groups in total. The summed E-state index contributed by atoms with van der Waals surface area (Å²) in [6, 6.07) is 3.72. The highest BCUT2D eigenvalue weighted by Crippen LogP contribution is 2.07. The highest BCUT2D eigenvalue weighted by atomic mass is 32.1. The average Bonchev–Trinajstić information content (AvgIpc) is 2.96. The van der Waals surface area contributed by atoms with Gasteiger partial charge in [0.15, 0.2) is 6.34 Å². The number of nitrogens with zero attached hydrogens (tertiary/aromatic N) is 1. The predicted octanol–water partition coefficient (Wildman–Crippen LogP) is 0.266. The van der Waals surface area contributed by atoms with Crippen molar-refractivity contribution in [3.05, 3.63) is 34.8 Å². The van der Waals surface area contributed by atoms with Gasteiger partial charge in [-0.25, -0.2) is 4.99 Å². The summed E-state index contributed by atoms with van der Waals surface area (Å²) >= 11 is 1.46. The van der Waals surface area contributed by atoms with E-state index < -0.39 is 0 Å². The molecule has 0 aromatic carbocycles. The molecule has 0 saturated heterocycles. The second kappa shape index (κ2) is 5.58. The van der Waals surface area contributed by atoms with E-state index in [0.29, 0.717) is 6.54 Å². The molecule has 1 atom stereocenters. The fraction of sp³-hybridized carbons (Fsp3) is 0.273. The first-order valence-corrected chi connectivity index (χ1v) is 6.11. The van der Waals surface area contributed by atoms with Gasteiger partial charge in [-0.15, -0.1) is 11.3 Å². The van der Waals surface area contributed by atoms with E-state index in [2.05, 4.69) is 10.3 Å². The zero-order valence-electron chi connectivity index (χ0n) is 8.85. The van der Waals surface area contributed by atoms with E-state index in [9.17, 15) is 4.79 Å². The number of amides is 1. The molecular weight excluding hydrogens is 222 g/mol. The Kier molecular flexibility index (Phi) is 3.85. The lowest BCUT2D eigenvalue weighted by molar-refractivity contribution is -0.736. The zero-order chi connectivity index (χ0) is 11.2. The standard InChI is InChI=1S/C11H13N3OS/c15-11(10-3-1-8-16-10)13-4-2-6-14-7-5-12-9-14/h1,3,5,7-9H,2,4,6H2,(H,13,15)/p+1. The van der Waals surface area contributed by atoms with Crippen LogP contribution in [0.25, 0.3) is 0 Å². The lowest BCUT2D eigenvalue weighted by atomic mass is 10.3. The highest BCUT2D eigenvalue weighted by molar-refractivity contribution is 7.12. The van der Waals surface area contributed by atoms with Gasteiger partial charge in [0.25, 0.3) is 5.91 Å². The number of nitrogens with one attached hydrogen (secondary N) is 2. The van der Waals surface area contributed by atoms with E-state index in [4.69, 9.17) is 0 Å². The maximum absolute atomic E-state index is 11.6. The van der Waals surface area contributed by atoms with Crippen LogP contribution in [0.4, 0.5) is 0 Å². The van der Waals surface area contributed by atoms with E-state index in [1.807, 2.05) is 30.1 Å². The Hall–Kier alpha value is -1.46. The third-order valence-electron chi connectivity index (χ3n) is 2.29. The molecule has 1 unspecified atom stereocenters. The van der Waals surface area contributed by atoms with Gasteiger partial charge in [0.2, 0.25) is 0 Å². The minimum Gasteiger partial charge on any atom is -0.351 e. The summed E-state index contributed by atoms with van der Waals surface area (Å²) in [6.45, 7) is 1.67. The number of hydrogen-bond donors (Lipinski definition) is 2.